The molecule has 104 valence electrons. The fourth-order valence-corrected chi connectivity index (χ4v) is 2.98. The zero-order valence-electron chi connectivity index (χ0n) is 11.9. The summed E-state index contributed by atoms with van der Waals surface area (Å²) in [5, 5.41) is 3.46. The van der Waals surface area contributed by atoms with Crippen molar-refractivity contribution in [3.05, 3.63) is 17.1 Å². The molecule has 1 fully saturated rings. The van der Waals surface area contributed by atoms with Crippen LogP contribution in [0.2, 0.25) is 0 Å². The normalized spacial score (nSPS) is 25.6. The van der Waals surface area contributed by atoms with Crippen LogP contribution in [0.1, 0.15) is 62.7 Å². The van der Waals surface area contributed by atoms with Crippen molar-refractivity contribution in [2.75, 3.05) is 11.9 Å². The number of anilines is 1. The largest absolute Gasteiger partial charge is 0.370 e. The molecule has 2 unspecified atom stereocenters. The Balaban J connectivity index is 1.88. The number of rotatable bonds is 4. The predicted octanol–water partition coefficient (Wildman–Crippen LogP) is 3.03. The number of aromatic nitrogens is 2. The van der Waals surface area contributed by atoms with E-state index in [1.165, 1.54) is 17.7 Å². The summed E-state index contributed by atoms with van der Waals surface area (Å²) in [6, 6.07) is 0. The van der Waals surface area contributed by atoms with Crippen LogP contribution in [0, 0.1) is 0 Å². The molecule has 0 saturated carbocycles. The van der Waals surface area contributed by atoms with E-state index < -0.39 is 0 Å². The number of nitrogens with zero attached hydrogens (tertiary/aromatic N) is 2. The summed E-state index contributed by atoms with van der Waals surface area (Å²) in [6.07, 6.45) is 7.13. The molecule has 0 aromatic carbocycles. The molecule has 1 aliphatic carbocycles. The zero-order valence-corrected chi connectivity index (χ0v) is 11.9. The average molecular weight is 261 g/mol. The van der Waals surface area contributed by atoms with Crippen LogP contribution in [0.4, 0.5) is 5.82 Å². The molecule has 3 rings (SSSR count). The highest BCUT2D eigenvalue weighted by Crippen LogP contribution is 2.34. The van der Waals surface area contributed by atoms with E-state index in [9.17, 15) is 0 Å². The lowest BCUT2D eigenvalue weighted by molar-refractivity contribution is 0.0502. The Morgan fingerprint density at radius 1 is 1.26 bits per heavy atom. The van der Waals surface area contributed by atoms with Crippen molar-refractivity contribution in [2.24, 2.45) is 0 Å². The first-order valence-corrected chi connectivity index (χ1v) is 7.57. The maximum absolute atomic E-state index is 5.91. The van der Waals surface area contributed by atoms with Crippen LogP contribution in [0.5, 0.6) is 0 Å². The second-order valence-corrected chi connectivity index (χ2v) is 5.65. The Bertz CT molecular complexity index is 461. The zero-order chi connectivity index (χ0) is 13.2. The third kappa shape index (κ3) is 2.59. The summed E-state index contributed by atoms with van der Waals surface area (Å²) in [7, 11) is 0. The van der Waals surface area contributed by atoms with Crippen molar-refractivity contribution in [3.8, 4) is 0 Å². The minimum atomic E-state index is 0.100. The van der Waals surface area contributed by atoms with Crippen LogP contribution in [0.15, 0.2) is 0 Å². The van der Waals surface area contributed by atoms with Gasteiger partial charge in [-0.2, -0.15) is 0 Å². The molecule has 1 aromatic rings. The van der Waals surface area contributed by atoms with E-state index in [1.807, 2.05) is 0 Å². The molecule has 2 atom stereocenters. The first kappa shape index (κ1) is 12.9. The smallest absolute Gasteiger partial charge is 0.159 e. The van der Waals surface area contributed by atoms with E-state index in [0.29, 0.717) is 6.10 Å². The molecule has 0 spiro atoms. The van der Waals surface area contributed by atoms with Crippen LogP contribution in [-0.4, -0.2) is 22.6 Å². The van der Waals surface area contributed by atoms with Crippen molar-refractivity contribution in [1.82, 2.24) is 9.97 Å². The molecule has 1 saturated heterocycles. The second-order valence-electron chi connectivity index (χ2n) is 5.65. The fraction of sp³-hybridized carbons (Fsp3) is 0.733. The van der Waals surface area contributed by atoms with Gasteiger partial charge in [-0.15, -0.1) is 0 Å². The van der Waals surface area contributed by atoms with Gasteiger partial charge in [0.2, 0.25) is 0 Å². The lowest BCUT2D eigenvalue weighted by Crippen LogP contribution is -2.12. The highest BCUT2D eigenvalue weighted by Gasteiger charge is 2.28. The molecule has 1 aliphatic heterocycles. The van der Waals surface area contributed by atoms with E-state index in [-0.39, 0.29) is 6.10 Å². The quantitative estimate of drug-likeness (QED) is 0.905. The van der Waals surface area contributed by atoms with E-state index >= 15 is 0 Å². The Kier molecular flexibility index (Phi) is 3.69. The summed E-state index contributed by atoms with van der Waals surface area (Å²) in [5.41, 5.74) is 2.58. The van der Waals surface area contributed by atoms with Gasteiger partial charge in [-0.3, -0.25) is 0 Å². The minimum absolute atomic E-state index is 0.100. The number of ether oxygens (including phenoxy) is 1. The molecule has 2 heterocycles. The number of fused-ring (bicyclic) bond motifs is 1. The molecule has 4 nitrogen and oxygen atoms in total. The highest BCUT2D eigenvalue weighted by molar-refractivity contribution is 5.49. The van der Waals surface area contributed by atoms with Crippen molar-refractivity contribution in [3.63, 3.8) is 0 Å². The average Bonchev–Trinajstić information content (AvgIpc) is 3.03. The topological polar surface area (TPSA) is 47.0 Å². The van der Waals surface area contributed by atoms with E-state index in [1.54, 1.807) is 0 Å². The number of hydrogen-bond acceptors (Lipinski definition) is 4. The monoisotopic (exact) mass is 261 g/mol. The number of hydrogen-bond donors (Lipinski definition) is 1. The lowest BCUT2D eigenvalue weighted by Gasteiger charge is -2.15. The Morgan fingerprint density at radius 2 is 2.16 bits per heavy atom. The molecule has 4 heteroatoms. The Morgan fingerprint density at radius 3 is 2.89 bits per heavy atom. The van der Waals surface area contributed by atoms with Gasteiger partial charge < -0.3 is 10.1 Å². The molecule has 0 radical (unpaired) electrons. The van der Waals surface area contributed by atoms with Crippen LogP contribution < -0.4 is 5.32 Å². The molecular weight excluding hydrogens is 238 g/mol. The maximum atomic E-state index is 5.91. The lowest BCUT2D eigenvalue weighted by atomic mass is 10.2. The molecule has 0 amide bonds. The molecule has 1 aromatic heterocycles. The summed E-state index contributed by atoms with van der Waals surface area (Å²) < 4.78 is 5.91. The summed E-state index contributed by atoms with van der Waals surface area (Å²) in [6.45, 7) is 5.28. The highest BCUT2D eigenvalue weighted by atomic mass is 16.5. The van der Waals surface area contributed by atoms with Gasteiger partial charge >= 0.3 is 0 Å². The van der Waals surface area contributed by atoms with Crippen molar-refractivity contribution < 1.29 is 4.74 Å². The van der Waals surface area contributed by atoms with Crippen molar-refractivity contribution >= 4 is 5.82 Å². The van der Waals surface area contributed by atoms with Gasteiger partial charge in [-0.25, -0.2) is 9.97 Å². The third-order valence-corrected chi connectivity index (χ3v) is 4.01. The summed E-state index contributed by atoms with van der Waals surface area (Å²) in [5.74, 6) is 1.95. The van der Waals surface area contributed by atoms with Gasteiger partial charge in [0.15, 0.2) is 5.82 Å². The van der Waals surface area contributed by atoms with Gasteiger partial charge in [-0.05, 0) is 45.4 Å². The van der Waals surface area contributed by atoms with E-state index in [4.69, 9.17) is 14.7 Å². The van der Waals surface area contributed by atoms with Gasteiger partial charge in [0, 0.05) is 17.8 Å². The van der Waals surface area contributed by atoms with Crippen molar-refractivity contribution in [1.29, 1.82) is 0 Å². The summed E-state index contributed by atoms with van der Waals surface area (Å²) in [4.78, 5) is 9.51. The van der Waals surface area contributed by atoms with Gasteiger partial charge in [0.05, 0.1) is 6.10 Å². The van der Waals surface area contributed by atoms with Crippen LogP contribution >= 0.6 is 0 Å². The molecule has 19 heavy (non-hydrogen) atoms. The fourth-order valence-electron chi connectivity index (χ4n) is 2.98. The van der Waals surface area contributed by atoms with Crippen LogP contribution in [0.25, 0.3) is 0 Å². The second kappa shape index (κ2) is 5.45. The molecule has 1 N–H and O–H groups in total. The summed E-state index contributed by atoms with van der Waals surface area (Å²) >= 11 is 0. The van der Waals surface area contributed by atoms with E-state index in [2.05, 4.69) is 19.2 Å². The molecular formula is C15H23N3O. The number of aryl methyl sites for hydroxylation is 1. The number of nitrogens with one attached hydrogen (secondary N) is 1. The standard InChI is InChI=1S/C15H23N3O/c1-3-9-16-14-11-5-4-6-12(11)17-15(18-14)13-8-7-10(2)19-13/h10,13H,3-9H2,1-2H3,(H,16,17,18). The molecule has 0 bridgehead atoms. The SMILES string of the molecule is CCCNc1nc(C2CCC(C)O2)nc2c1CCC2. The van der Waals surface area contributed by atoms with Crippen molar-refractivity contribution in [2.45, 2.75) is 64.6 Å². The van der Waals surface area contributed by atoms with Gasteiger partial charge in [-0.1, -0.05) is 6.92 Å². The maximum Gasteiger partial charge on any atom is 0.159 e. The Hall–Kier alpha value is -1.16. The van der Waals surface area contributed by atoms with Gasteiger partial charge in [0.25, 0.3) is 0 Å². The Labute approximate surface area is 115 Å². The molecule has 2 aliphatic rings. The predicted molar refractivity (Wildman–Crippen MR) is 75.4 cm³/mol. The van der Waals surface area contributed by atoms with E-state index in [0.717, 1.165) is 50.3 Å². The van der Waals surface area contributed by atoms with Gasteiger partial charge in [0.1, 0.15) is 11.9 Å². The first-order chi connectivity index (χ1) is 9.28. The van der Waals surface area contributed by atoms with Crippen LogP contribution in [-0.2, 0) is 17.6 Å². The minimum Gasteiger partial charge on any atom is -0.370 e. The first-order valence-electron chi connectivity index (χ1n) is 7.57. The third-order valence-electron chi connectivity index (χ3n) is 4.01. The van der Waals surface area contributed by atoms with Crippen LogP contribution in [0.3, 0.4) is 0 Å².